The monoisotopic (exact) mass is 337 g/mol. The highest BCUT2D eigenvalue weighted by molar-refractivity contribution is 5.37. The van der Waals surface area contributed by atoms with Crippen LogP contribution in [0.25, 0.3) is 5.82 Å². The van der Waals surface area contributed by atoms with Gasteiger partial charge < -0.3 is 9.88 Å². The average molecular weight is 337 g/mol. The fraction of sp³-hybridized carbons (Fsp3) is 0.400. The molecule has 0 saturated heterocycles. The second kappa shape index (κ2) is 7.23. The lowest BCUT2D eigenvalue weighted by molar-refractivity contribution is 0.519. The van der Waals surface area contributed by atoms with Gasteiger partial charge in [0, 0.05) is 48.5 Å². The molecule has 0 amide bonds. The van der Waals surface area contributed by atoms with E-state index in [-0.39, 0.29) is 6.04 Å². The van der Waals surface area contributed by atoms with E-state index in [1.54, 1.807) is 0 Å². The summed E-state index contributed by atoms with van der Waals surface area (Å²) < 4.78 is 4.36. The van der Waals surface area contributed by atoms with Crippen molar-refractivity contribution >= 4 is 0 Å². The lowest BCUT2D eigenvalue weighted by Gasteiger charge is -2.16. The van der Waals surface area contributed by atoms with E-state index in [1.807, 2.05) is 18.6 Å². The Balaban J connectivity index is 1.82. The van der Waals surface area contributed by atoms with Crippen LogP contribution in [0.5, 0.6) is 0 Å². The van der Waals surface area contributed by atoms with Crippen molar-refractivity contribution in [3.8, 4) is 5.82 Å². The number of pyridine rings is 1. The van der Waals surface area contributed by atoms with Gasteiger partial charge in [0.2, 0.25) is 0 Å². The van der Waals surface area contributed by atoms with Crippen LogP contribution in [0.2, 0.25) is 0 Å². The topological polar surface area (TPSA) is 47.7 Å². The van der Waals surface area contributed by atoms with Crippen molar-refractivity contribution in [1.82, 2.24) is 24.6 Å². The Morgan fingerprint density at radius 3 is 2.44 bits per heavy atom. The highest BCUT2D eigenvalue weighted by Crippen LogP contribution is 2.23. The Morgan fingerprint density at radius 1 is 1.04 bits per heavy atom. The smallest absolute Gasteiger partial charge is 0.135 e. The minimum absolute atomic E-state index is 0.284. The van der Waals surface area contributed by atoms with Crippen LogP contribution in [0.3, 0.4) is 0 Å². The summed E-state index contributed by atoms with van der Waals surface area (Å²) in [7, 11) is 0. The van der Waals surface area contributed by atoms with Gasteiger partial charge >= 0.3 is 0 Å². The third kappa shape index (κ3) is 3.51. The average Bonchev–Trinajstić information content (AvgIpc) is 3.18. The minimum atomic E-state index is 0.284. The number of nitrogens with one attached hydrogen (secondary N) is 1. The van der Waals surface area contributed by atoms with E-state index in [4.69, 9.17) is 0 Å². The predicted octanol–water partition coefficient (Wildman–Crippen LogP) is 4.12. The lowest BCUT2D eigenvalue weighted by Crippen LogP contribution is -2.18. The van der Waals surface area contributed by atoms with Gasteiger partial charge in [0.25, 0.3) is 0 Å². The fourth-order valence-corrected chi connectivity index (χ4v) is 3.28. The first-order valence-electron chi connectivity index (χ1n) is 8.84. The summed E-state index contributed by atoms with van der Waals surface area (Å²) in [6.07, 6.45) is 5.55. The molecule has 5 heteroatoms. The van der Waals surface area contributed by atoms with E-state index in [1.165, 1.54) is 22.5 Å². The van der Waals surface area contributed by atoms with Crippen molar-refractivity contribution < 1.29 is 0 Å². The summed E-state index contributed by atoms with van der Waals surface area (Å²) in [6.45, 7) is 11.7. The first-order valence-corrected chi connectivity index (χ1v) is 8.84. The molecule has 1 atom stereocenters. The molecule has 0 aliphatic heterocycles. The first-order chi connectivity index (χ1) is 12.0. The summed E-state index contributed by atoms with van der Waals surface area (Å²) in [4.78, 5) is 4.09. The van der Waals surface area contributed by atoms with Crippen molar-refractivity contribution in [2.75, 3.05) is 0 Å². The van der Waals surface area contributed by atoms with Crippen LogP contribution in [0.4, 0.5) is 0 Å². The number of aromatic nitrogens is 4. The fourth-order valence-electron chi connectivity index (χ4n) is 3.28. The van der Waals surface area contributed by atoms with Crippen molar-refractivity contribution in [2.45, 2.75) is 53.2 Å². The maximum atomic E-state index is 4.47. The molecule has 0 bridgehead atoms. The van der Waals surface area contributed by atoms with Gasteiger partial charge in [0.05, 0.1) is 6.20 Å². The molecule has 0 unspecified atom stereocenters. The minimum Gasteiger partial charge on any atom is -0.306 e. The standard InChI is InChI=1S/C20H27N5/c1-14(2)25-20(8-11-23-25)24-15(3)12-19(17(24)5)13-22-16(4)18-6-9-21-10-7-18/h6-12,14,16,22H,13H2,1-5H3/t16-/m0/s1. The number of hydrogen-bond donors (Lipinski definition) is 1. The van der Waals surface area contributed by atoms with Crippen LogP contribution in [-0.4, -0.2) is 19.3 Å². The largest absolute Gasteiger partial charge is 0.306 e. The van der Waals surface area contributed by atoms with Gasteiger partial charge in [-0.3, -0.25) is 4.98 Å². The van der Waals surface area contributed by atoms with Gasteiger partial charge in [-0.25, -0.2) is 4.68 Å². The summed E-state index contributed by atoms with van der Waals surface area (Å²) >= 11 is 0. The Kier molecular flexibility index (Phi) is 5.04. The van der Waals surface area contributed by atoms with E-state index >= 15 is 0 Å². The number of nitrogens with zero attached hydrogens (tertiary/aromatic N) is 4. The Hall–Kier alpha value is -2.40. The van der Waals surface area contributed by atoms with Gasteiger partial charge in [0.1, 0.15) is 5.82 Å². The van der Waals surface area contributed by atoms with Gasteiger partial charge in [-0.2, -0.15) is 5.10 Å². The van der Waals surface area contributed by atoms with Gasteiger partial charge in [-0.15, -0.1) is 0 Å². The zero-order valence-corrected chi connectivity index (χ0v) is 15.7. The van der Waals surface area contributed by atoms with E-state index in [9.17, 15) is 0 Å². The number of aryl methyl sites for hydroxylation is 1. The molecule has 3 heterocycles. The molecule has 0 saturated carbocycles. The maximum Gasteiger partial charge on any atom is 0.135 e. The highest BCUT2D eigenvalue weighted by Gasteiger charge is 2.16. The molecule has 25 heavy (non-hydrogen) atoms. The zero-order valence-electron chi connectivity index (χ0n) is 15.7. The van der Waals surface area contributed by atoms with E-state index in [0.29, 0.717) is 6.04 Å². The van der Waals surface area contributed by atoms with Gasteiger partial charge in [-0.1, -0.05) is 0 Å². The maximum absolute atomic E-state index is 4.47. The van der Waals surface area contributed by atoms with Crippen LogP contribution >= 0.6 is 0 Å². The van der Waals surface area contributed by atoms with Crippen LogP contribution in [0, 0.1) is 13.8 Å². The van der Waals surface area contributed by atoms with Crippen LogP contribution < -0.4 is 5.32 Å². The zero-order chi connectivity index (χ0) is 18.0. The normalized spacial score (nSPS) is 12.7. The second-order valence-corrected chi connectivity index (χ2v) is 6.84. The molecule has 0 aliphatic carbocycles. The molecule has 3 aromatic heterocycles. The Morgan fingerprint density at radius 2 is 1.76 bits per heavy atom. The Labute approximate surface area is 149 Å². The van der Waals surface area contributed by atoms with E-state index < -0.39 is 0 Å². The third-order valence-electron chi connectivity index (χ3n) is 4.71. The molecular weight excluding hydrogens is 310 g/mol. The summed E-state index contributed by atoms with van der Waals surface area (Å²) in [5.74, 6) is 1.12. The highest BCUT2D eigenvalue weighted by atomic mass is 15.3. The summed E-state index contributed by atoms with van der Waals surface area (Å²) in [5.41, 5.74) is 5.05. The Bertz CT molecular complexity index is 829. The van der Waals surface area contributed by atoms with Crippen molar-refractivity contribution in [3.63, 3.8) is 0 Å². The summed E-state index contributed by atoms with van der Waals surface area (Å²) in [5, 5.41) is 8.09. The van der Waals surface area contributed by atoms with E-state index in [0.717, 1.165) is 12.4 Å². The molecule has 3 aromatic rings. The molecule has 0 aromatic carbocycles. The second-order valence-electron chi connectivity index (χ2n) is 6.84. The molecule has 132 valence electrons. The third-order valence-corrected chi connectivity index (χ3v) is 4.71. The van der Waals surface area contributed by atoms with Crippen LogP contribution in [0.15, 0.2) is 42.9 Å². The van der Waals surface area contributed by atoms with Crippen LogP contribution in [-0.2, 0) is 6.54 Å². The van der Waals surface area contributed by atoms with Crippen molar-refractivity contribution in [3.05, 3.63) is 65.4 Å². The lowest BCUT2D eigenvalue weighted by atomic mass is 10.1. The number of rotatable bonds is 6. The summed E-state index contributed by atoms with van der Waals surface area (Å²) in [6, 6.07) is 9.08. The first kappa shape index (κ1) is 17.4. The molecule has 0 spiro atoms. The molecule has 1 N–H and O–H groups in total. The van der Waals surface area contributed by atoms with Gasteiger partial charge in [-0.05, 0) is 63.9 Å². The molecular formula is C20H27N5. The molecule has 0 aliphatic rings. The van der Waals surface area contributed by atoms with Crippen molar-refractivity contribution in [2.24, 2.45) is 0 Å². The molecule has 0 radical (unpaired) electrons. The molecule has 5 nitrogen and oxygen atoms in total. The van der Waals surface area contributed by atoms with Crippen LogP contribution in [0.1, 0.15) is 55.4 Å². The quantitative estimate of drug-likeness (QED) is 0.736. The predicted molar refractivity (Wildman–Crippen MR) is 101 cm³/mol. The van der Waals surface area contributed by atoms with E-state index in [2.05, 4.69) is 83.5 Å². The SMILES string of the molecule is Cc1cc(CN[C@@H](C)c2ccncc2)c(C)n1-c1ccnn1C(C)C. The van der Waals surface area contributed by atoms with Gasteiger partial charge in [0.15, 0.2) is 0 Å². The van der Waals surface area contributed by atoms with Crippen molar-refractivity contribution in [1.29, 1.82) is 0 Å². The number of hydrogen-bond acceptors (Lipinski definition) is 3. The molecule has 0 fully saturated rings. The molecule has 3 rings (SSSR count).